The Labute approximate surface area is 268 Å². The molecule has 2 aromatic carbocycles. The molecule has 2 saturated heterocycles. The predicted octanol–water partition coefficient (Wildman–Crippen LogP) is 3.50. The molecule has 0 bridgehead atoms. The molecule has 3 aliphatic rings. The standard InChI is InChI=1S/C31H31ClFN7O4S/c1-44-30(42)26-24(36-28(29-35-10-13-45-29)37-27(26)22-8-5-19(33)14-23(22)32)17-38-11-12-39-21(15-38)16-40(31(39)43)20-6-2-18(3-7-20)4-9-25(34)41/h2-3,5-8,10,13-14,21,27H,4,9,11-12,15-17H2,1H3,(H2,34,41)(H,36,37)/t21-,27?/m0/s1. The van der Waals surface area contributed by atoms with Gasteiger partial charge >= 0.3 is 12.0 Å². The van der Waals surface area contributed by atoms with Crippen molar-refractivity contribution in [3.05, 3.63) is 92.3 Å². The largest absolute Gasteiger partial charge is 0.466 e. The number of hydrogen-bond donors (Lipinski definition) is 2. The normalized spacial score (nSPS) is 20.2. The van der Waals surface area contributed by atoms with E-state index in [1.165, 1.54) is 36.6 Å². The highest BCUT2D eigenvalue weighted by Gasteiger charge is 2.42. The molecular formula is C31H31ClFN7O4S. The fraction of sp³-hybridized carbons (Fsp3) is 0.323. The lowest BCUT2D eigenvalue weighted by atomic mass is 9.95. The molecule has 1 aromatic heterocycles. The van der Waals surface area contributed by atoms with Crippen molar-refractivity contribution in [3.8, 4) is 0 Å². The SMILES string of the molecule is COC(=O)C1=C(CN2CCN3C(=O)N(c4ccc(CCC(N)=O)cc4)C[C@@H]3C2)NC(c2nccs2)=NC1c1ccc(F)cc1Cl. The number of amides is 3. The number of aryl methyl sites for hydroxylation is 1. The Morgan fingerprint density at radius 2 is 1.98 bits per heavy atom. The van der Waals surface area contributed by atoms with Gasteiger partial charge in [0.1, 0.15) is 11.9 Å². The summed E-state index contributed by atoms with van der Waals surface area (Å²) in [7, 11) is 1.30. The number of nitrogens with zero attached hydrogens (tertiary/aromatic N) is 5. The third kappa shape index (κ3) is 6.42. The maximum Gasteiger partial charge on any atom is 0.338 e. The van der Waals surface area contributed by atoms with Gasteiger partial charge in [-0.15, -0.1) is 11.3 Å². The van der Waals surface area contributed by atoms with Crippen molar-refractivity contribution in [2.75, 3.05) is 44.7 Å². The minimum Gasteiger partial charge on any atom is -0.466 e. The van der Waals surface area contributed by atoms with Gasteiger partial charge in [0.2, 0.25) is 5.91 Å². The zero-order valence-corrected chi connectivity index (χ0v) is 26.0. The average Bonchev–Trinajstić information content (AvgIpc) is 3.68. The molecule has 3 aromatic rings. The summed E-state index contributed by atoms with van der Waals surface area (Å²) in [5.74, 6) is -0.958. The first-order chi connectivity index (χ1) is 21.7. The summed E-state index contributed by atoms with van der Waals surface area (Å²) in [6, 6.07) is 10.6. The Balaban J connectivity index is 1.24. The smallest absolute Gasteiger partial charge is 0.338 e. The second kappa shape index (κ2) is 13.0. The Kier molecular flexibility index (Phi) is 8.83. The van der Waals surface area contributed by atoms with E-state index in [9.17, 15) is 18.8 Å². The molecule has 0 spiro atoms. The number of halogens is 2. The third-order valence-corrected chi connectivity index (χ3v) is 9.26. The molecule has 234 valence electrons. The number of primary amides is 1. The molecule has 2 fully saturated rings. The van der Waals surface area contributed by atoms with Crippen molar-refractivity contribution < 1.29 is 23.5 Å². The number of nitrogens with two attached hydrogens (primary N) is 1. The summed E-state index contributed by atoms with van der Waals surface area (Å²) < 4.78 is 19.2. The lowest BCUT2D eigenvalue weighted by Gasteiger charge is -2.38. The molecule has 3 amide bonds. The van der Waals surface area contributed by atoms with Crippen molar-refractivity contribution in [2.24, 2.45) is 10.7 Å². The second-order valence-corrected chi connectivity index (χ2v) is 12.3. The van der Waals surface area contributed by atoms with Crippen molar-refractivity contribution in [2.45, 2.75) is 24.9 Å². The van der Waals surface area contributed by atoms with Gasteiger partial charge in [-0.25, -0.2) is 19.0 Å². The number of aromatic nitrogens is 1. The van der Waals surface area contributed by atoms with Crippen molar-refractivity contribution in [1.82, 2.24) is 20.1 Å². The van der Waals surface area contributed by atoms with Gasteiger partial charge in [0.25, 0.3) is 0 Å². The number of urea groups is 1. The van der Waals surface area contributed by atoms with Crippen LogP contribution in [0.3, 0.4) is 0 Å². The van der Waals surface area contributed by atoms with Crippen LogP contribution in [0.2, 0.25) is 5.02 Å². The fourth-order valence-corrected chi connectivity index (χ4v) is 6.79. The minimum absolute atomic E-state index is 0.0565. The first-order valence-electron chi connectivity index (χ1n) is 14.4. The van der Waals surface area contributed by atoms with E-state index < -0.39 is 17.8 Å². The van der Waals surface area contributed by atoms with Gasteiger partial charge in [-0.2, -0.15) is 0 Å². The molecule has 4 heterocycles. The number of anilines is 1. The number of aliphatic imine (C=N–C) groups is 1. The van der Waals surface area contributed by atoms with E-state index in [0.717, 1.165) is 11.3 Å². The van der Waals surface area contributed by atoms with Crippen molar-refractivity contribution in [3.63, 3.8) is 0 Å². The highest BCUT2D eigenvalue weighted by molar-refractivity contribution is 7.11. The van der Waals surface area contributed by atoms with Gasteiger partial charge in [-0.3, -0.25) is 19.6 Å². The molecule has 0 saturated carbocycles. The Morgan fingerprint density at radius 3 is 2.67 bits per heavy atom. The van der Waals surface area contributed by atoms with E-state index in [-0.39, 0.29) is 35.0 Å². The quantitative estimate of drug-likeness (QED) is 0.339. The zero-order chi connectivity index (χ0) is 31.7. The number of fused-ring (bicyclic) bond motifs is 1. The number of nitrogens with one attached hydrogen (secondary N) is 1. The van der Waals surface area contributed by atoms with Gasteiger partial charge in [-0.1, -0.05) is 29.8 Å². The molecule has 45 heavy (non-hydrogen) atoms. The number of benzene rings is 2. The summed E-state index contributed by atoms with van der Waals surface area (Å²) in [5.41, 5.74) is 8.35. The number of methoxy groups -OCH3 is 1. The maximum absolute atomic E-state index is 14.0. The Hall–Kier alpha value is -4.33. The van der Waals surface area contributed by atoms with Crippen LogP contribution >= 0.6 is 22.9 Å². The molecule has 0 aliphatic carbocycles. The molecule has 3 N–H and O–H groups in total. The maximum atomic E-state index is 14.0. The second-order valence-electron chi connectivity index (χ2n) is 11.0. The lowest BCUT2D eigenvalue weighted by molar-refractivity contribution is -0.136. The van der Waals surface area contributed by atoms with Gasteiger partial charge in [0.15, 0.2) is 10.8 Å². The highest BCUT2D eigenvalue weighted by atomic mass is 35.5. The topological polar surface area (TPSA) is 133 Å². The molecule has 2 atom stereocenters. The number of carbonyl (C=O) groups is 3. The zero-order valence-electron chi connectivity index (χ0n) is 24.4. The van der Waals surface area contributed by atoms with E-state index in [4.69, 9.17) is 27.1 Å². The Morgan fingerprint density at radius 1 is 1.18 bits per heavy atom. The number of carbonyl (C=O) groups excluding carboxylic acids is 3. The lowest BCUT2D eigenvalue weighted by Crippen LogP contribution is -2.53. The Bertz CT molecular complexity index is 1680. The van der Waals surface area contributed by atoms with Crippen LogP contribution in [0, 0.1) is 5.82 Å². The van der Waals surface area contributed by atoms with Crippen LogP contribution in [0.25, 0.3) is 0 Å². The molecule has 14 heteroatoms. The van der Waals surface area contributed by atoms with Gasteiger partial charge < -0.3 is 20.7 Å². The summed E-state index contributed by atoms with van der Waals surface area (Å²) in [6.07, 6.45) is 2.49. The molecule has 1 unspecified atom stereocenters. The molecule has 6 rings (SSSR count). The number of piperazine rings is 1. The van der Waals surface area contributed by atoms with Crippen LogP contribution in [0.1, 0.15) is 28.6 Å². The molecular weight excluding hydrogens is 621 g/mol. The van der Waals surface area contributed by atoms with Crippen LogP contribution in [-0.4, -0.2) is 84.4 Å². The molecule has 11 nitrogen and oxygen atoms in total. The fourth-order valence-electron chi connectivity index (χ4n) is 5.93. The van der Waals surface area contributed by atoms with Crippen LogP contribution in [-0.2, 0) is 20.7 Å². The number of thiazole rings is 1. The first kappa shape index (κ1) is 30.7. The van der Waals surface area contributed by atoms with Crippen LogP contribution < -0.4 is 16.0 Å². The predicted molar refractivity (Wildman–Crippen MR) is 169 cm³/mol. The van der Waals surface area contributed by atoms with E-state index in [1.807, 2.05) is 34.5 Å². The number of ether oxygens (including phenoxy) is 1. The van der Waals surface area contributed by atoms with E-state index in [2.05, 4.69) is 15.2 Å². The highest BCUT2D eigenvalue weighted by Crippen LogP contribution is 2.37. The monoisotopic (exact) mass is 651 g/mol. The van der Waals surface area contributed by atoms with Gasteiger partial charge in [0.05, 0.1) is 18.7 Å². The molecule has 0 radical (unpaired) electrons. The summed E-state index contributed by atoms with van der Waals surface area (Å²) in [6.45, 7) is 2.51. The van der Waals surface area contributed by atoms with Crippen LogP contribution in [0.5, 0.6) is 0 Å². The average molecular weight is 652 g/mol. The van der Waals surface area contributed by atoms with Gasteiger partial charge in [0, 0.05) is 72.7 Å². The minimum atomic E-state index is -0.850. The van der Waals surface area contributed by atoms with E-state index >= 15 is 0 Å². The summed E-state index contributed by atoms with van der Waals surface area (Å²) in [4.78, 5) is 52.8. The summed E-state index contributed by atoms with van der Waals surface area (Å²) >= 11 is 7.87. The molecule has 3 aliphatic heterocycles. The van der Waals surface area contributed by atoms with E-state index in [1.54, 1.807) is 11.1 Å². The first-order valence-corrected chi connectivity index (χ1v) is 15.7. The third-order valence-electron chi connectivity index (χ3n) is 8.15. The number of rotatable bonds is 9. The van der Waals surface area contributed by atoms with Crippen molar-refractivity contribution >= 4 is 52.4 Å². The number of hydrogen-bond acceptors (Lipinski definition) is 9. The number of amidine groups is 1. The van der Waals surface area contributed by atoms with E-state index in [0.29, 0.717) is 61.2 Å². The summed E-state index contributed by atoms with van der Waals surface area (Å²) in [5, 5.41) is 5.92. The van der Waals surface area contributed by atoms with Crippen LogP contribution in [0.15, 0.2) is 70.3 Å². The van der Waals surface area contributed by atoms with Crippen LogP contribution in [0.4, 0.5) is 14.9 Å². The van der Waals surface area contributed by atoms with Crippen molar-refractivity contribution in [1.29, 1.82) is 0 Å². The van der Waals surface area contributed by atoms with Gasteiger partial charge in [-0.05, 0) is 36.2 Å². The number of esters is 1.